The number of nitrogens with one attached hydrogen (secondary N) is 1. The fourth-order valence-electron chi connectivity index (χ4n) is 2.72. The molecule has 5 nitrogen and oxygen atoms in total. The van der Waals surface area contributed by atoms with Gasteiger partial charge in [0.25, 0.3) is 0 Å². The molecule has 2 aromatic heterocycles. The molecule has 0 aliphatic carbocycles. The van der Waals surface area contributed by atoms with E-state index in [4.69, 9.17) is 9.84 Å². The van der Waals surface area contributed by atoms with Gasteiger partial charge in [0.1, 0.15) is 0 Å². The first-order valence-electron chi connectivity index (χ1n) is 8.62. The van der Waals surface area contributed by atoms with Crippen LogP contribution in [0.2, 0.25) is 0 Å². The zero-order valence-corrected chi connectivity index (χ0v) is 14.6. The Hall–Kier alpha value is -2.50. The zero-order chi connectivity index (χ0) is 17.3. The number of hydrogen-bond donors (Lipinski definition) is 1. The Kier molecular flexibility index (Phi) is 6.31. The number of rotatable bonds is 9. The molecule has 2 heterocycles. The van der Waals surface area contributed by atoms with Crippen LogP contribution in [0.4, 0.5) is 0 Å². The van der Waals surface area contributed by atoms with Crippen LogP contribution in [-0.2, 0) is 11.3 Å². The monoisotopic (exact) mass is 336 g/mol. The van der Waals surface area contributed by atoms with Crippen LogP contribution in [0.25, 0.3) is 16.9 Å². The molecular weight excluding hydrogens is 312 g/mol. The van der Waals surface area contributed by atoms with Crippen molar-refractivity contribution in [1.82, 2.24) is 20.1 Å². The first kappa shape index (κ1) is 17.3. The Bertz CT molecular complexity index is 756. The molecule has 0 aliphatic rings. The SMILES string of the molecule is COCCCCNCc1cn(-c2ccccc2)nc1-c1ccncc1. The van der Waals surface area contributed by atoms with Crippen LogP contribution in [-0.4, -0.2) is 35.0 Å². The van der Waals surface area contributed by atoms with Crippen molar-refractivity contribution in [1.29, 1.82) is 0 Å². The summed E-state index contributed by atoms with van der Waals surface area (Å²) in [5, 5.41) is 8.32. The highest BCUT2D eigenvalue weighted by atomic mass is 16.5. The van der Waals surface area contributed by atoms with Crippen molar-refractivity contribution in [3.8, 4) is 16.9 Å². The zero-order valence-electron chi connectivity index (χ0n) is 14.6. The van der Waals surface area contributed by atoms with E-state index in [9.17, 15) is 0 Å². The van der Waals surface area contributed by atoms with Crippen LogP contribution in [0, 0.1) is 0 Å². The summed E-state index contributed by atoms with van der Waals surface area (Å²) >= 11 is 0. The molecule has 0 amide bonds. The highest BCUT2D eigenvalue weighted by Crippen LogP contribution is 2.23. The van der Waals surface area contributed by atoms with Gasteiger partial charge in [-0.1, -0.05) is 18.2 Å². The van der Waals surface area contributed by atoms with Crippen LogP contribution in [0.1, 0.15) is 18.4 Å². The summed E-state index contributed by atoms with van der Waals surface area (Å²) in [7, 11) is 1.74. The van der Waals surface area contributed by atoms with Crippen molar-refractivity contribution in [2.75, 3.05) is 20.3 Å². The lowest BCUT2D eigenvalue weighted by atomic mass is 10.1. The lowest BCUT2D eigenvalue weighted by molar-refractivity contribution is 0.192. The fourth-order valence-corrected chi connectivity index (χ4v) is 2.72. The minimum absolute atomic E-state index is 0.789. The van der Waals surface area contributed by atoms with Gasteiger partial charge in [-0.05, 0) is 43.7 Å². The third kappa shape index (κ3) is 4.75. The van der Waals surface area contributed by atoms with Gasteiger partial charge in [0.15, 0.2) is 0 Å². The molecule has 25 heavy (non-hydrogen) atoms. The predicted octanol–water partition coefficient (Wildman–Crippen LogP) is 3.45. The van der Waals surface area contributed by atoms with E-state index in [1.54, 1.807) is 19.5 Å². The summed E-state index contributed by atoms with van der Waals surface area (Å²) in [6.07, 6.45) is 7.89. The van der Waals surface area contributed by atoms with Crippen LogP contribution in [0.3, 0.4) is 0 Å². The topological polar surface area (TPSA) is 52.0 Å². The van der Waals surface area contributed by atoms with Crippen molar-refractivity contribution < 1.29 is 4.74 Å². The van der Waals surface area contributed by atoms with Crippen LogP contribution in [0.15, 0.2) is 61.1 Å². The highest BCUT2D eigenvalue weighted by molar-refractivity contribution is 5.62. The molecule has 0 saturated carbocycles. The molecular formula is C20H24N4O. The summed E-state index contributed by atoms with van der Waals surface area (Å²) in [6.45, 7) is 2.57. The standard InChI is InChI=1S/C20H24N4O/c1-25-14-6-5-11-22-15-18-16-24(19-7-3-2-4-8-19)23-20(18)17-9-12-21-13-10-17/h2-4,7-10,12-13,16,22H,5-6,11,14-15H2,1H3. The Morgan fingerprint density at radius 3 is 2.60 bits per heavy atom. The van der Waals surface area contributed by atoms with Gasteiger partial charge < -0.3 is 10.1 Å². The van der Waals surface area contributed by atoms with Crippen molar-refractivity contribution in [3.63, 3.8) is 0 Å². The van der Waals surface area contributed by atoms with Crippen molar-refractivity contribution in [3.05, 3.63) is 66.6 Å². The fraction of sp³-hybridized carbons (Fsp3) is 0.300. The number of pyridine rings is 1. The molecule has 0 bridgehead atoms. The van der Waals surface area contributed by atoms with E-state index in [-0.39, 0.29) is 0 Å². The van der Waals surface area contributed by atoms with E-state index in [1.165, 1.54) is 5.56 Å². The highest BCUT2D eigenvalue weighted by Gasteiger charge is 2.11. The van der Waals surface area contributed by atoms with Crippen LogP contribution >= 0.6 is 0 Å². The summed E-state index contributed by atoms with van der Waals surface area (Å²) in [6, 6.07) is 14.2. The van der Waals surface area contributed by atoms with Gasteiger partial charge in [-0.15, -0.1) is 0 Å². The van der Waals surface area contributed by atoms with E-state index in [2.05, 4.69) is 28.6 Å². The van der Waals surface area contributed by atoms with Gasteiger partial charge in [-0.2, -0.15) is 5.10 Å². The smallest absolute Gasteiger partial charge is 0.0973 e. The molecule has 0 aliphatic heterocycles. The normalized spacial score (nSPS) is 10.9. The van der Waals surface area contributed by atoms with Gasteiger partial charge in [-0.25, -0.2) is 4.68 Å². The Labute approximate surface area is 148 Å². The van der Waals surface area contributed by atoms with Crippen LogP contribution < -0.4 is 5.32 Å². The van der Waals surface area contributed by atoms with Crippen molar-refractivity contribution in [2.24, 2.45) is 0 Å². The first-order chi connectivity index (χ1) is 12.4. The maximum atomic E-state index is 5.09. The van der Waals surface area contributed by atoms with Crippen LogP contribution in [0.5, 0.6) is 0 Å². The molecule has 0 fully saturated rings. The Balaban J connectivity index is 1.76. The molecule has 0 unspecified atom stereocenters. The van der Waals surface area contributed by atoms with Gasteiger partial charge in [0.05, 0.1) is 11.4 Å². The average molecular weight is 336 g/mol. The summed E-state index contributed by atoms with van der Waals surface area (Å²) in [5.41, 5.74) is 4.32. The van der Waals surface area contributed by atoms with Gasteiger partial charge >= 0.3 is 0 Å². The quantitative estimate of drug-likeness (QED) is 0.608. The summed E-state index contributed by atoms with van der Waals surface area (Å²) in [4.78, 5) is 4.11. The predicted molar refractivity (Wildman–Crippen MR) is 99.6 cm³/mol. The minimum Gasteiger partial charge on any atom is -0.385 e. The van der Waals surface area contributed by atoms with Gasteiger partial charge in [0, 0.05) is 50.0 Å². The van der Waals surface area contributed by atoms with Crippen molar-refractivity contribution in [2.45, 2.75) is 19.4 Å². The molecule has 3 rings (SSSR count). The molecule has 130 valence electrons. The largest absolute Gasteiger partial charge is 0.385 e. The second-order valence-corrected chi connectivity index (χ2v) is 5.90. The number of nitrogens with zero attached hydrogens (tertiary/aromatic N) is 3. The number of para-hydroxylation sites is 1. The second-order valence-electron chi connectivity index (χ2n) is 5.90. The Morgan fingerprint density at radius 1 is 1.04 bits per heavy atom. The lowest BCUT2D eigenvalue weighted by Crippen LogP contribution is -2.15. The Morgan fingerprint density at radius 2 is 1.84 bits per heavy atom. The number of hydrogen-bond acceptors (Lipinski definition) is 4. The minimum atomic E-state index is 0.789. The summed E-state index contributed by atoms with van der Waals surface area (Å²) in [5.74, 6) is 0. The van der Waals surface area contributed by atoms with E-state index in [0.717, 1.165) is 49.5 Å². The van der Waals surface area contributed by atoms with Gasteiger partial charge in [-0.3, -0.25) is 4.98 Å². The molecule has 0 radical (unpaired) electrons. The maximum absolute atomic E-state index is 5.09. The van der Waals surface area contributed by atoms with E-state index >= 15 is 0 Å². The van der Waals surface area contributed by atoms with Crippen molar-refractivity contribution >= 4 is 0 Å². The summed E-state index contributed by atoms with van der Waals surface area (Å²) < 4.78 is 7.03. The molecule has 1 aromatic carbocycles. The molecule has 0 spiro atoms. The van der Waals surface area contributed by atoms with Gasteiger partial charge in [0.2, 0.25) is 0 Å². The molecule has 0 saturated heterocycles. The lowest BCUT2D eigenvalue weighted by Gasteiger charge is -2.05. The number of methoxy groups -OCH3 is 1. The maximum Gasteiger partial charge on any atom is 0.0973 e. The molecule has 0 atom stereocenters. The third-order valence-corrected chi connectivity index (χ3v) is 4.03. The number of ether oxygens (including phenoxy) is 1. The third-order valence-electron chi connectivity index (χ3n) is 4.03. The van der Waals surface area contributed by atoms with E-state index in [1.807, 2.05) is 35.0 Å². The number of unbranched alkanes of at least 4 members (excludes halogenated alkanes) is 1. The molecule has 5 heteroatoms. The number of benzene rings is 1. The molecule has 3 aromatic rings. The average Bonchev–Trinajstić information content (AvgIpc) is 3.10. The second kappa shape index (κ2) is 9.11. The first-order valence-corrected chi connectivity index (χ1v) is 8.62. The molecule has 1 N–H and O–H groups in total. The van der Waals surface area contributed by atoms with E-state index < -0.39 is 0 Å². The number of aromatic nitrogens is 3. The van der Waals surface area contributed by atoms with E-state index in [0.29, 0.717) is 0 Å².